The first-order chi connectivity index (χ1) is 27.5. The number of fused-ring (bicyclic) bond motifs is 8. The SMILES string of the molecule is [2H]c1c([2H])c([2H])c2c(oc3c4c([2H])c([2H])c([2H])c([2H])c4c(-c4nc(-c5ccccc5)nc(-c5ccc6c(c5)oc5ccc(-c7ccccc7)cc56)n4)c([2H])c32)c1[2H]. The molecule has 0 atom stereocenters. The maximum Gasteiger partial charge on any atom is 0.164 e. The molecule has 0 saturated carbocycles. The van der Waals surface area contributed by atoms with E-state index < -0.39 is 48.3 Å². The van der Waals surface area contributed by atoms with E-state index in [1.54, 1.807) is 0 Å². The summed E-state index contributed by atoms with van der Waals surface area (Å²) >= 11 is 0. The lowest BCUT2D eigenvalue weighted by Gasteiger charge is -2.11. The molecule has 7 aromatic carbocycles. The Balaban J connectivity index is 1.28. The van der Waals surface area contributed by atoms with E-state index in [0.29, 0.717) is 22.3 Å². The van der Waals surface area contributed by atoms with Crippen molar-refractivity contribution in [3.8, 4) is 45.3 Å². The minimum atomic E-state index is -0.561. The quantitative estimate of drug-likeness (QED) is 0.195. The fraction of sp³-hybridized carbons (Fsp3) is 0. The van der Waals surface area contributed by atoms with Gasteiger partial charge < -0.3 is 8.83 Å². The largest absolute Gasteiger partial charge is 0.456 e. The Labute approximate surface area is 287 Å². The Morgan fingerprint density at radius 2 is 1.08 bits per heavy atom. The number of rotatable bonds is 4. The van der Waals surface area contributed by atoms with Gasteiger partial charge in [-0.3, -0.25) is 0 Å². The molecule has 5 nitrogen and oxygen atoms in total. The smallest absolute Gasteiger partial charge is 0.164 e. The molecular weight excluding hydrogens is 590 g/mol. The second-order valence-electron chi connectivity index (χ2n) is 11.3. The Morgan fingerprint density at radius 1 is 0.417 bits per heavy atom. The van der Waals surface area contributed by atoms with Crippen molar-refractivity contribution in [2.75, 3.05) is 0 Å². The van der Waals surface area contributed by atoms with Crippen molar-refractivity contribution in [2.45, 2.75) is 0 Å². The van der Waals surface area contributed by atoms with E-state index in [9.17, 15) is 1.37 Å². The Kier molecular flexibility index (Phi) is 4.18. The summed E-state index contributed by atoms with van der Waals surface area (Å²) in [6.45, 7) is 0. The molecule has 10 rings (SSSR count). The van der Waals surface area contributed by atoms with Gasteiger partial charge in [0.15, 0.2) is 17.5 Å². The molecule has 48 heavy (non-hydrogen) atoms. The molecule has 0 aliphatic rings. The van der Waals surface area contributed by atoms with Crippen LogP contribution in [0.2, 0.25) is 0 Å². The summed E-state index contributed by atoms with van der Waals surface area (Å²) in [5.41, 5.74) is 4.05. The van der Waals surface area contributed by atoms with Crippen LogP contribution in [0, 0.1) is 0 Å². The maximum atomic E-state index is 9.66. The van der Waals surface area contributed by atoms with Gasteiger partial charge in [0.2, 0.25) is 0 Å². The van der Waals surface area contributed by atoms with Crippen LogP contribution < -0.4 is 0 Å². The van der Waals surface area contributed by atoms with Crippen LogP contribution in [0.3, 0.4) is 0 Å². The van der Waals surface area contributed by atoms with Gasteiger partial charge in [0, 0.05) is 43.6 Å². The second kappa shape index (κ2) is 10.5. The van der Waals surface area contributed by atoms with Gasteiger partial charge in [-0.05, 0) is 52.9 Å². The molecule has 0 bridgehead atoms. The van der Waals surface area contributed by atoms with Gasteiger partial charge >= 0.3 is 0 Å². The first-order valence-electron chi connectivity index (χ1n) is 19.7. The molecule has 224 valence electrons. The predicted molar refractivity (Wildman–Crippen MR) is 194 cm³/mol. The molecule has 10 aromatic rings. The lowest BCUT2D eigenvalue weighted by atomic mass is 9.99. The van der Waals surface area contributed by atoms with Crippen LogP contribution in [-0.4, -0.2) is 15.0 Å². The zero-order valence-electron chi connectivity index (χ0n) is 33.9. The van der Waals surface area contributed by atoms with Gasteiger partial charge in [-0.2, -0.15) is 0 Å². The molecule has 3 aromatic heterocycles. The highest BCUT2D eigenvalue weighted by molar-refractivity contribution is 6.18. The van der Waals surface area contributed by atoms with Gasteiger partial charge in [0.05, 0.1) is 12.3 Å². The van der Waals surface area contributed by atoms with Crippen LogP contribution in [-0.2, 0) is 0 Å². The molecular formula is C43H25N3O2. The number of hydrogen-bond donors (Lipinski definition) is 0. The molecule has 0 fully saturated rings. The van der Waals surface area contributed by atoms with Crippen LogP contribution in [0.25, 0.3) is 99.9 Å². The highest BCUT2D eigenvalue weighted by Gasteiger charge is 2.19. The van der Waals surface area contributed by atoms with Gasteiger partial charge in [-0.25, -0.2) is 15.0 Å². The van der Waals surface area contributed by atoms with E-state index in [1.165, 1.54) is 0 Å². The topological polar surface area (TPSA) is 65.0 Å². The molecule has 0 radical (unpaired) electrons. The number of nitrogens with zero attached hydrogens (tertiary/aromatic N) is 3. The molecule has 0 amide bonds. The normalized spacial score (nSPS) is 14.4. The lowest BCUT2D eigenvalue weighted by molar-refractivity contribution is 0.669. The molecule has 0 aliphatic carbocycles. The average Bonchev–Trinajstić information content (AvgIpc) is 3.83. The number of para-hydroxylation sites is 1. The van der Waals surface area contributed by atoms with E-state index >= 15 is 0 Å². The fourth-order valence-electron chi connectivity index (χ4n) is 6.20. The molecule has 0 saturated heterocycles. The first-order valence-corrected chi connectivity index (χ1v) is 15.2. The van der Waals surface area contributed by atoms with Crippen molar-refractivity contribution in [2.24, 2.45) is 0 Å². The summed E-state index contributed by atoms with van der Waals surface area (Å²) in [6, 6.07) is 26.3. The van der Waals surface area contributed by atoms with Crippen molar-refractivity contribution in [3.05, 3.63) is 151 Å². The standard InChI is InChI=1S/C43H25N3O2/c1-3-11-26(12-4-1)28-20-22-38-34(23-28)32-21-19-29(24-39(32)47-38)42-44-41(27-13-5-2-6-14-27)45-43(46-42)36-25-35-31-16-9-10-18-37(31)48-40(35)33-17-8-7-15-30(33)36/h1-25H/i7D,8D,9D,10D,15D,16D,17D,18D,25D. The van der Waals surface area contributed by atoms with Crippen LogP contribution in [0.5, 0.6) is 0 Å². The molecule has 0 aliphatic heterocycles. The summed E-state index contributed by atoms with van der Waals surface area (Å²) in [6.07, 6.45) is 0. The lowest BCUT2D eigenvalue weighted by Crippen LogP contribution is -2.00. The molecule has 0 N–H and O–H groups in total. The van der Waals surface area contributed by atoms with Crippen LogP contribution in [0.15, 0.2) is 160 Å². The number of hydrogen-bond acceptors (Lipinski definition) is 5. The van der Waals surface area contributed by atoms with Crippen molar-refractivity contribution in [3.63, 3.8) is 0 Å². The maximum absolute atomic E-state index is 9.66. The summed E-state index contributed by atoms with van der Waals surface area (Å²) < 4.78 is 91.3. The van der Waals surface area contributed by atoms with E-state index in [-0.39, 0.29) is 61.8 Å². The first kappa shape index (κ1) is 19.2. The molecule has 0 spiro atoms. The fourth-order valence-corrected chi connectivity index (χ4v) is 6.20. The summed E-state index contributed by atoms with van der Waals surface area (Å²) in [5.74, 6) is 0.326. The zero-order valence-corrected chi connectivity index (χ0v) is 24.9. The monoisotopic (exact) mass is 624 g/mol. The molecule has 0 unspecified atom stereocenters. The second-order valence-corrected chi connectivity index (χ2v) is 11.3. The third-order valence-electron chi connectivity index (χ3n) is 8.48. The Morgan fingerprint density at radius 3 is 1.90 bits per heavy atom. The van der Waals surface area contributed by atoms with Crippen molar-refractivity contribution >= 4 is 54.6 Å². The van der Waals surface area contributed by atoms with Crippen LogP contribution in [0.1, 0.15) is 12.3 Å². The van der Waals surface area contributed by atoms with Gasteiger partial charge in [0.25, 0.3) is 0 Å². The molecule has 5 heteroatoms. The number of benzene rings is 7. The van der Waals surface area contributed by atoms with Gasteiger partial charge in [0.1, 0.15) is 22.3 Å². The summed E-state index contributed by atoms with van der Waals surface area (Å²) in [4.78, 5) is 14.5. The highest BCUT2D eigenvalue weighted by Crippen LogP contribution is 2.40. The summed E-state index contributed by atoms with van der Waals surface area (Å²) in [7, 11) is 0. The van der Waals surface area contributed by atoms with Crippen LogP contribution in [0.4, 0.5) is 0 Å². The van der Waals surface area contributed by atoms with E-state index in [1.807, 2.05) is 91.0 Å². The van der Waals surface area contributed by atoms with Crippen molar-refractivity contribution < 1.29 is 21.2 Å². The van der Waals surface area contributed by atoms with Gasteiger partial charge in [-0.15, -0.1) is 0 Å². The van der Waals surface area contributed by atoms with E-state index in [0.717, 1.165) is 21.9 Å². The minimum Gasteiger partial charge on any atom is -0.456 e. The third-order valence-corrected chi connectivity index (χ3v) is 8.48. The third kappa shape index (κ3) is 4.22. The average molecular weight is 625 g/mol. The van der Waals surface area contributed by atoms with E-state index in [4.69, 9.17) is 34.8 Å². The summed E-state index contributed by atoms with van der Waals surface area (Å²) in [5, 5.41) is 1.42. The molecule has 3 heterocycles. The number of aromatic nitrogens is 3. The van der Waals surface area contributed by atoms with Crippen molar-refractivity contribution in [1.82, 2.24) is 15.0 Å². The Hall–Kier alpha value is -6.59. The van der Waals surface area contributed by atoms with Gasteiger partial charge in [-0.1, -0.05) is 115 Å². The zero-order chi connectivity index (χ0) is 39.4. The van der Waals surface area contributed by atoms with E-state index in [2.05, 4.69) is 6.07 Å². The number of furan rings is 2. The van der Waals surface area contributed by atoms with Crippen LogP contribution >= 0.6 is 0 Å². The van der Waals surface area contributed by atoms with Crippen molar-refractivity contribution in [1.29, 1.82) is 0 Å². The minimum absolute atomic E-state index is 0.0636. The predicted octanol–water partition coefficient (Wildman–Crippen LogP) is 11.5. The highest BCUT2D eigenvalue weighted by atomic mass is 16.3. The Bertz CT molecular complexity index is 3350.